The van der Waals surface area contributed by atoms with Crippen LogP contribution in [-0.4, -0.2) is 59.4 Å². The number of rotatable bonds is 18. The predicted octanol–water partition coefficient (Wildman–Crippen LogP) is 21.8. The van der Waals surface area contributed by atoms with Crippen LogP contribution >= 0.6 is 0 Å². The van der Waals surface area contributed by atoms with Gasteiger partial charge < -0.3 is 4.57 Å². The van der Waals surface area contributed by atoms with Crippen LogP contribution in [0.15, 0.2) is 279 Å². The molecule has 10 aromatic heterocycles. The molecule has 0 fully saturated rings. The van der Waals surface area contributed by atoms with E-state index in [1.54, 1.807) is 30.3 Å². The average molecular weight is 1660 g/mol. The molecule has 18 aromatic rings. The zero-order valence-corrected chi connectivity index (χ0v) is 64.2. The summed E-state index contributed by atoms with van der Waals surface area (Å²) in [6.45, 7) is 0. The Balaban J connectivity index is 0.000000131. The Hall–Kier alpha value is -15.0. The fraction of sp³-hybridized carbons (Fsp3) is 0.0825. The van der Waals surface area contributed by atoms with Gasteiger partial charge in [-0.3, -0.25) is 0 Å². The van der Waals surface area contributed by atoms with Crippen molar-refractivity contribution in [2.24, 2.45) is 0 Å². The molecule has 1 aliphatic carbocycles. The van der Waals surface area contributed by atoms with Gasteiger partial charge in [0, 0.05) is 106 Å². The number of hydrogen-bond donors (Lipinski definition) is 0. The molecule has 0 bridgehead atoms. The van der Waals surface area contributed by atoms with Crippen LogP contribution in [0, 0.1) is 83.3 Å². The van der Waals surface area contributed by atoms with Crippen molar-refractivity contribution in [2.45, 2.75) is 50.4 Å². The largest absolute Gasteiger partial charge is 0.309 e. The van der Waals surface area contributed by atoms with E-state index >= 15 is 0 Å². The number of aromatic nitrogens is 12. The van der Waals surface area contributed by atoms with Crippen molar-refractivity contribution < 1.29 is 61.5 Å². The molecule has 10 heterocycles. The molecule has 0 spiro atoms. The molecule has 0 aliphatic heterocycles. The fourth-order valence-corrected chi connectivity index (χ4v) is 15.7. The van der Waals surface area contributed by atoms with Gasteiger partial charge in [0.15, 0.2) is 5.65 Å². The van der Waals surface area contributed by atoms with Gasteiger partial charge in [0.25, 0.3) is 0 Å². The van der Waals surface area contributed by atoms with Crippen LogP contribution in [0.4, 0.5) is 61.5 Å². The van der Waals surface area contributed by atoms with E-state index in [9.17, 15) is 61.5 Å². The van der Waals surface area contributed by atoms with Crippen LogP contribution in [0.5, 0.6) is 0 Å². The van der Waals surface area contributed by atoms with Crippen molar-refractivity contribution in [1.29, 1.82) is 0 Å². The molecule has 0 unspecified atom stereocenters. The fourth-order valence-electron chi connectivity index (χ4n) is 15.7. The average Bonchev–Trinajstić information content (AvgIpc) is 1.56. The Morgan fingerprint density at radius 1 is 0.252 bits per heavy atom. The lowest BCUT2D eigenvalue weighted by Gasteiger charge is -2.34. The van der Waals surface area contributed by atoms with Crippen LogP contribution in [0.3, 0.4) is 0 Å². The first-order chi connectivity index (χ1) is 59.6. The second kappa shape index (κ2) is 34.4. The molecular formula is C97H60F14N12. The normalized spacial score (nSPS) is 12.0. The zero-order valence-electron chi connectivity index (χ0n) is 64.2. The van der Waals surface area contributed by atoms with Crippen molar-refractivity contribution in [3.8, 4) is 28.1 Å². The maximum atomic E-state index is 14.6. The van der Waals surface area contributed by atoms with E-state index in [1.807, 2.05) is 115 Å². The Kier molecular flexibility index (Phi) is 22.5. The molecule has 0 atom stereocenters. The zero-order chi connectivity index (χ0) is 85.2. The molecule has 8 aromatic carbocycles. The molecule has 26 heteroatoms. The van der Waals surface area contributed by atoms with Gasteiger partial charge in [-0.25, -0.2) is 19.9 Å². The van der Waals surface area contributed by atoms with Crippen molar-refractivity contribution in [3.63, 3.8) is 0 Å². The molecule has 19 rings (SSSR count). The minimum Gasteiger partial charge on any atom is -0.309 e. The number of para-hydroxylation sites is 1. The van der Waals surface area contributed by atoms with Gasteiger partial charge in [-0.05, 0) is 177 Å². The maximum absolute atomic E-state index is 14.6. The number of fused-ring (bicyclic) bond motifs is 7. The van der Waals surface area contributed by atoms with Crippen molar-refractivity contribution in [3.05, 3.63) is 463 Å². The van der Waals surface area contributed by atoms with E-state index in [2.05, 4.69) is 103 Å². The summed E-state index contributed by atoms with van der Waals surface area (Å²) in [5.41, 5.74) is 14.5. The van der Waals surface area contributed by atoms with Crippen LogP contribution < -0.4 is 0 Å². The molecule has 0 saturated heterocycles. The number of hydrogen-bond acceptors (Lipinski definition) is 11. The standard InChI is InChI=1S/C37H24F4N2.C30H17F6N7.C30H19F4N3/c38-33-17-13-25(35(40)42-33)19-23-11-15-29-30-16-12-24(20-26-14-18-34(39)43-36(26)41)22-32(30)37(31(29)21-23,27-7-3-1-4-8-27)28-9-5-2-6-10-28;31-21-9-6-16(27(34)39-21)12-19-25(15-4-2-1-3-5-15)43-26-20(13-17-7-10-22(32)40-28(17)35)37-24(42-30(26)38-19)14-18-8-11-23(33)41-29(18)36;31-27-12-8-20(29(33)35-27)14-18-6-10-25-23(16-18)24-17-19(15-21-9-13-28(32)36-30(21)34)7-11-26(24)37(25)22-4-2-1-3-5-22/h1-18,21-22H,19-20H2;1-11H,12-14H2;1-13,16-17H,14-15H2. The third-order valence-corrected chi connectivity index (χ3v) is 21.2. The van der Waals surface area contributed by atoms with E-state index in [0.717, 1.165) is 113 Å². The summed E-state index contributed by atoms with van der Waals surface area (Å²) in [6.07, 6.45) is 0.385. The first-order valence-electron chi connectivity index (χ1n) is 38.4. The third-order valence-electron chi connectivity index (χ3n) is 21.2. The lowest BCUT2D eigenvalue weighted by atomic mass is 9.67. The second-order valence-corrected chi connectivity index (χ2v) is 29.1. The highest BCUT2D eigenvalue weighted by Gasteiger charge is 2.46. The van der Waals surface area contributed by atoms with Gasteiger partial charge in [0.05, 0.1) is 33.5 Å². The topological polar surface area (TPSA) is 147 Å². The summed E-state index contributed by atoms with van der Waals surface area (Å²) < 4.78 is 197. The monoisotopic (exact) mass is 1660 g/mol. The summed E-state index contributed by atoms with van der Waals surface area (Å²) >= 11 is 0. The molecule has 1 aliphatic rings. The van der Waals surface area contributed by atoms with Crippen LogP contribution in [0.25, 0.3) is 61.0 Å². The molecule has 0 radical (unpaired) electrons. The van der Waals surface area contributed by atoms with Gasteiger partial charge in [-0.1, -0.05) is 158 Å². The molecule has 0 saturated carbocycles. The lowest BCUT2D eigenvalue weighted by Crippen LogP contribution is -2.28. The molecule has 12 nitrogen and oxygen atoms in total. The van der Waals surface area contributed by atoms with E-state index < -0.39 is 88.7 Å². The van der Waals surface area contributed by atoms with Crippen LogP contribution in [0.1, 0.15) is 101 Å². The molecular weight excluding hydrogens is 1600 g/mol. The Labute approximate surface area is 691 Å². The maximum Gasteiger partial charge on any atom is 0.219 e. The Bertz CT molecular complexity index is 6820. The molecule has 0 N–H and O–H groups in total. The van der Waals surface area contributed by atoms with E-state index in [-0.39, 0.29) is 90.0 Å². The van der Waals surface area contributed by atoms with Crippen molar-refractivity contribution in [1.82, 2.24) is 59.4 Å². The summed E-state index contributed by atoms with van der Waals surface area (Å²) in [5.74, 6) is -12.9. The molecule has 606 valence electrons. The minimum atomic E-state index is -1.07. The first kappa shape index (κ1) is 80.5. The second-order valence-electron chi connectivity index (χ2n) is 29.1. The quantitative estimate of drug-likeness (QED) is 0.0597. The SMILES string of the molecule is Fc1ccc(Cc2ccc3c(c2)C(c2ccccc2)(c2ccccc2)c2cc(Cc4ccc(F)nc4F)ccc2-3)c(F)n1.Fc1ccc(Cc2ccc3c(c2)c2cc(Cc4ccc(F)nc4F)ccc2n3-c2ccccc2)c(F)n1.Fc1ccc(Cc2nc(Cc3ccc(F)nc3F)c3nc(-c4ccccc4)c(Cc4ccc(F)nc4F)nc3n2)c(F)n1. The van der Waals surface area contributed by atoms with E-state index in [4.69, 9.17) is 4.98 Å². The first-order valence-corrected chi connectivity index (χ1v) is 38.4. The van der Waals surface area contributed by atoms with Gasteiger partial charge >= 0.3 is 0 Å². The highest BCUT2D eigenvalue weighted by Crippen LogP contribution is 2.57. The van der Waals surface area contributed by atoms with Crippen molar-refractivity contribution in [2.75, 3.05) is 0 Å². The summed E-state index contributed by atoms with van der Waals surface area (Å²) in [4.78, 5) is 41.3. The van der Waals surface area contributed by atoms with Gasteiger partial charge in [-0.15, -0.1) is 0 Å². The highest BCUT2D eigenvalue weighted by molar-refractivity contribution is 6.10. The summed E-state index contributed by atoms with van der Waals surface area (Å²) in [6, 6.07) is 80.0. The lowest BCUT2D eigenvalue weighted by molar-refractivity contribution is 0.503. The summed E-state index contributed by atoms with van der Waals surface area (Å²) in [5, 5.41) is 1.87. The smallest absolute Gasteiger partial charge is 0.219 e. The molecule has 0 amide bonds. The number of nitrogens with zero attached hydrogens (tertiary/aromatic N) is 12. The van der Waals surface area contributed by atoms with E-state index in [1.165, 1.54) is 54.6 Å². The Morgan fingerprint density at radius 3 is 0.935 bits per heavy atom. The number of benzene rings is 8. The minimum absolute atomic E-state index is 0.00595. The number of pyridine rings is 7. The van der Waals surface area contributed by atoms with Crippen LogP contribution in [0.2, 0.25) is 0 Å². The van der Waals surface area contributed by atoms with Gasteiger partial charge in [0.2, 0.25) is 83.3 Å². The number of halogens is 14. The highest BCUT2D eigenvalue weighted by atomic mass is 19.2. The third kappa shape index (κ3) is 16.9. The van der Waals surface area contributed by atoms with Crippen LogP contribution in [-0.2, 0) is 50.4 Å². The Morgan fingerprint density at radius 2 is 0.569 bits per heavy atom. The summed E-state index contributed by atoms with van der Waals surface area (Å²) in [7, 11) is 0. The van der Waals surface area contributed by atoms with Gasteiger partial charge in [0.1, 0.15) is 11.3 Å². The molecule has 123 heavy (non-hydrogen) atoms. The van der Waals surface area contributed by atoms with E-state index in [0.29, 0.717) is 33.5 Å². The van der Waals surface area contributed by atoms with Crippen molar-refractivity contribution >= 4 is 33.0 Å². The predicted molar refractivity (Wildman–Crippen MR) is 434 cm³/mol. The van der Waals surface area contributed by atoms with Gasteiger partial charge in [-0.2, -0.15) is 96.4 Å².